The highest BCUT2D eigenvalue weighted by molar-refractivity contribution is 6.74. The molecule has 0 spiro atoms. The van der Waals surface area contributed by atoms with Gasteiger partial charge >= 0.3 is 6.18 Å². The van der Waals surface area contributed by atoms with Crippen molar-refractivity contribution in [2.45, 2.75) is 77.0 Å². The molecular formula is C27H37ClF4N4O2Si. The molecular weight excluding hydrogens is 552 g/mol. The number of halogens is 5. The predicted molar refractivity (Wildman–Crippen MR) is 149 cm³/mol. The molecule has 3 rings (SSSR count). The topological polar surface area (TPSA) is 71.7 Å². The van der Waals surface area contributed by atoms with Crippen LogP contribution in [0.2, 0.25) is 23.2 Å². The standard InChI is InChI=1S/C27H37ClF4N4O2Si/c1-17-14-18(27(30,31)32)15-23(34-17)36-13-10-22(38-39(5,6)26(2,3)4)24(36)25(37)35(12-7-11-33)19-8-9-21(29)20(28)16-19/h8-9,14-16,22,24H,7,10-13,33H2,1-6H3/t22-,24+/m1/s1. The summed E-state index contributed by atoms with van der Waals surface area (Å²) < 4.78 is 61.7. The van der Waals surface area contributed by atoms with Crippen LogP contribution in [0.25, 0.3) is 0 Å². The van der Waals surface area contributed by atoms with Crippen molar-refractivity contribution >= 4 is 37.3 Å². The van der Waals surface area contributed by atoms with Gasteiger partial charge in [-0.15, -0.1) is 0 Å². The van der Waals surface area contributed by atoms with Crippen LogP contribution in [0.15, 0.2) is 30.3 Å². The van der Waals surface area contributed by atoms with Crippen LogP contribution in [0, 0.1) is 12.7 Å². The molecule has 1 aliphatic heterocycles. The summed E-state index contributed by atoms with van der Waals surface area (Å²) in [5, 5.41) is -0.312. The van der Waals surface area contributed by atoms with E-state index < -0.39 is 43.9 Å². The van der Waals surface area contributed by atoms with E-state index in [1.807, 2.05) is 0 Å². The highest BCUT2D eigenvalue weighted by atomic mass is 35.5. The first-order chi connectivity index (χ1) is 18.0. The molecule has 0 aliphatic carbocycles. The Morgan fingerprint density at radius 2 is 1.90 bits per heavy atom. The molecule has 1 aromatic heterocycles. The number of nitrogens with zero attached hydrogens (tertiary/aromatic N) is 3. The van der Waals surface area contributed by atoms with E-state index in [9.17, 15) is 22.4 Å². The molecule has 0 saturated carbocycles. The summed E-state index contributed by atoms with van der Waals surface area (Å²) in [6.07, 6.45) is -4.29. The second-order valence-corrected chi connectivity index (χ2v) is 16.6. The summed E-state index contributed by atoms with van der Waals surface area (Å²) in [4.78, 5) is 21.8. The maximum atomic E-state index is 14.3. The molecule has 1 amide bonds. The smallest absolute Gasteiger partial charge is 0.411 e. The Labute approximate surface area is 233 Å². The molecule has 12 heteroatoms. The number of hydrogen-bond acceptors (Lipinski definition) is 5. The lowest BCUT2D eigenvalue weighted by atomic mass is 10.1. The largest absolute Gasteiger partial charge is 0.416 e. The molecule has 2 atom stereocenters. The van der Waals surface area contributed by atoms with Crippen molar-refractivity contribution < 1.29 is 26.8 Å². The zero-order chi connectivity index (χ0) is 29.3. The Hall–Kier alpha value is -2.21. The Bertz CT molecular complexity index is 1190. The van der Waals surface area contributed by atoms with Crippen LogP contribution >= 0.6 is 11.6 Å². The molecule has 6 nitrogen and oxygen atoms in total. The number of anilines is 2. The number of alkyl halides is 3. The molecule has 0 unspecified atom stereocenters. The van der Waals surface area contributed by atoms with Gasteiger partial charge in [0.25, 0.3) is 5.91 Å². The molecule has 39 heavy (non-hydrogen) atoms. The highest BCUT2D eigenvalue weighted by Gasteiger charge is 2.48. The lowest BCUT2D eigenvalue weighted by Crippen LogP contribution is -2.54. The molecule has 2 heterocycles. The van der Waals surface area contributed by atoms with Gasteiger partial charge in [-0.2, -0.15) is 13.2 Å². The zero-order valence-corrected chi connectivity index (χ0v) is 25.0. The van der Waals surface area contributed by atoms with Crippen molar-refractivity contribution in [2.24, 2.45) is 5.73 Å². The summed E-state index contributed by atoms with van der Waals surface area (Å²) >= 11 is 6.04. The highest BCUT2D eigenvalue weighted by Crippen LogP contribution is 2.41. The van der Waals surface area contributed by atoms with Crippen LogP contribution in [0.5, 0.6) is 0 Å². The summed E-state index contributed by atoms with van der Waals surface area (Å²) in [5.41, 5.74) is 5.46. The predicted octanol–water partition coefficient (Wildman–Crippen LogP) is 6.55. The van der Waals surface area contributed by atoms with Crippen molar-refractivity contribution in [1.29, 1.82) is 0 Å². The molecule has 0 radical (unpaired) electrons. The third-order valence-corrected chi connectivity index (χ3v) is 12.3. The van der Waals surface area contributed by atoms with Crippen LogP contribution in [0.1, 0.15) is 44.9 Å². The van der Waals surface area contributed by atoms with Crippen molar-refractivity contribution in [3.63, 3.8) is 0 Å². The normalized spacial score (nSPS) is 18.5. The molecule has 216 valence electrons. The Morgan fingerprint density at radius 1 is 1.23 bits per heavy atom. The van der Waals surface area contributed by atoms with E-state index >= 15 is 0 Å². The fourth-order valence-corrected chi connectivity index (χ4v) is 5.91. The number of aryl methyl sites for hydroxylation is 1. The molecule has 2 aromatic rings. The summed E-state index contributed by atoms with van der Waals surface area (Å²) in [6.45, 7) is 12.6. The van der Waals surface area contributed by atoms with Gasteiger partial charge in [-0.3, -0.25) is 4.79 Å². The van der Waals surface area contributed by atoms with Crippen molar-refractivity contribution in [3.8, 4) is 0 Å². The van der Waals surface area contributed by atoms with Gasteiger partial charge < -0.3 is 20.0 Å². The SMILES string of the molecule is Cc1cc(C(F)(F)F)cc(N2CC[C@@H](O[Si](C)(C)C(C)(C)C)[C@H]2C(=O)N(CCCN)c2ccc(F)c(Cl)c2)n1. The van der Waals surface area contributed by atoms with Crippen LogP contribution in [0.3, 0.4) is 0 Å². The van der Waals surface area contributed by atoms with Crippen LogP contribution in [-0.2, 0) is 15.4 Å². The maximum absolute atomic E-state index is 14.3. The second-order valence-electron chi connectivity index (χ2n) is 11.4. The number of pyridine rings is 1. The third-order valence-electron chi connectivity index (χ3n) is 7.48. The Kier molecular flexibility index (Phi) is 9.41. The lowest BCUT2D eigenvalue weighted by Gasteiger charge is -2.41. The van der Waals surface area contributed by atoms with E-state index in [2.05, 4.69) is 38.8 Å². The van der Waals surface area contributed by atoms with Gasteiger partial charge in [-0.1, -0.05) is 32.4 Å². The molecule has 1 fully saturated rings. The van der Waals surface area contributed by atoms with Crippen molar-refractivity contribution in [3.05, 3.63) is 52.4 Å². The van der Waals surface area contributed by atoms with E-state index in [-0.39, 0.29) is 34.7 Å². The number of benzene rings is 1. The molecule has 2 N–H and O–H groups in total. The van der Waals surface area contributed by atoms with Gasteiger partial charge in [0, 0.05) is 24.5 Å². The number of nitrogens with two attached hydrogens (primary N) is 1. The van der Waals surface area contributed by atoms with Crippen molar-refractivity contribution in [1.82, 2.24) is 4.98 Å². The first-order valence-corrected chi connectivity index (χ1v) is 16.2. The van der Waals surface area contributed by atoms with Crippen LogP contribution in [-0.4, -0.2) is 51.0 Å². The number of rotatable bonds is 8. The van der Waals surface area contributed by atoms with E-state index in [1.54, 1.807) is 4.90 Å². The quantitative estimate of drug-likeness (QED) is 0.280. The van der Waals surface area contributed by atoms with Gasteiger partial charge in [-0.25, -0.2) is 9.37 Å². The monoisotopic (exact) mass is 588 g/mol. The van der Waals surface area contributed by atoms with Gasteiger partial charge in [0.1, 0.15) is 17.7 Å². The van der Waals surface area contributed by atoms with E-state index in [1.165, 1.54) is 30.0 Å². The van der Waals surface area contributed by atoms with Gasteiger partial charge in [0.15, 0.2) is 8.32 Å². The number of aromatic nitrogens is 1. The number of carbonyl (C=O) groups is 1. The average molecular weight is 589 g/mol. The first kappa shape index (κ1) is 31.3. The fourth-order valence-electron chi connectivity index (χ4n) is 4.38. The second kappa shape index (κ2) is 11.7. The fraction of sp³-hybridized carbons (Fsp3) is 0.556. The number of carbonyl (C=O) groups excluding carboxylic acids is 1. The summed E-state index contributed by atoms with van der Waals surface area (Å²) in [7, 11) is -2.38. The number of hydrogen-bond donors (Lipinski definition) is 1. The van der Waals surface area contributed by atoms with Gasteiger partial charge in [0.05, 0.1) is 16.7 Å². The lowest BCUT2D eigenvalue weighted by molar-refractivity contribution is -0.137. The first-order valence-electron chi connectivity index (χ1n) is 12.9. The van der Waals surface area contributed by atoms with E-state index in [0.717, 1.165) is 12.1 Å². The van der Waals surface area contributed by atoms with Gasteiger partial charge in [-0.05, 0) is 74.8 Å². The van der Waals surface area contributed by atoms with Crippen LogP contribution in [0.4, 0.5) is 29.1 Å². The summed E-state index contributed by atoms with van der Waals surface area (Å²) in [6, 6.07) is 4.98. The van der Waals surface area contributed by atoms with Gasteiger partial charge in [0.2, 0.25) is 0 Å². The minimum atomic E-state index is -4.57. The molecule has 0 bridgehead atoms. The average Bonchev–Trinajstić information content (AvgIpc) is 3.22. The van der Waals surface area contributed by atoms with E-state index in [4.69, 9.17) is 21.8 Å². The maximum Gasteiger partial charge on any atom is 0.416 e. The minimum absolute atomic E-state index is 0.0536. The molecule has 1 aromatic carbocycles. The minimum Gasteiger partial charge on any atom is -0.411 e. The summed E-state index contributed by atoms with van der Waals surface area (Å²) in [5.74, 6) is -0.973. The Morgan fingerprint density at radius 3 is 2.46 bits per heavy atom. The third kappa shape index (κ3) is 7.11. The van der Waals surface area contributed by atoms with E-state index in [0.29, 0.717) is 25.1 Å². The zero-order valence-electron chi connectivity index (χ0n) is 23.2. The van der Waals surface area contributed by atoms with Crippen LogP contribution < -0.4 is 15.5 Å². The van der Waals surface area contributed by atoms with Crippen molar-refractivity contribution in [2.75, 3.05) is 29.4 Å². The molecule has 1 aliphatic rings. The molecule has 1 saturated heterocycles. The number of amides is 1. The Balaban J connectivity index is 2.12.